The Bertz CT molecular complexity index is 1020. The largest absolute Gasteiger partial charge is 0.489 e. The highest BCUT2D eigenvalue weighted by molar-refractivity contribution is 7.85. The van der Waals surface area contributed by atoms with Crippen molar-refractivity contribution in [3.05, 3.63) is 121 Å². The maximum Gasteiger partial charge on any atom is 0.171 e. The molecule has 0 aromatic heterocycles. The van der Waals surface area contributed by atoms with Gasteiger partial charge in [0.15, 0.2) is 7.14 Å². The molecule has 0 amide bonds. The molecule has 4 aromatic carbocycles. The summed E-state index contributed by atoms with van der Waals surface area (Å²) in [6.07, 6.45) is 0. The summed E-state index contributed by atoms with van der Waals surface area (Å²) < 4.78 is 20.1. The van der Waals surface area contributed by atoms with Crippen molar-refractivity contribution in [1.82, 2.24) is 0 Å². The monoisotopic (exact) mass is 384 g/mol. The molecule has 0 atom stereocenters. The van der Waals surface area contributed by atoms with Crippen LogP contribution in [-0.2, 0) is 11.2 Å². The van der Waals surface area contributed by atoms with Gasteiger partial charge in [-0.2, -0.15) is 0 Å². The van der Waals surface area contributed by atoms with Crippen LogP contribution in [0.3, 0.4) is 0 Å². The van der Waals surface area contributed by atoms with Crippen molar-refractivity contribution < 1.29 is 9.30 Å². The zero-order chi connectivity index (χ0) is 19.2. The van der Waals surface area contributed by atoms with E-state index >= 15 is 0 Å². The van der Waals surface area contributed by atoms with Crippen LogP contribution in [0.5, 0.6) is 5.75 Å². The second-order valence-electron chi connectivity index (χ2n) is 6.55. The molecule has 28 heavy (non-hydrogen) atoms. The number of hydrogen-bond donors (Lipinski definition) is 0. The molecule has 0 heterocycles. The van der Waals surface area contributed by atoms with Gasteiger partial charge in [0.2, 0.25) is 0 Å². The Balaban J connectivity index is 1.65. The van der Waals surface area contributed by atoms with Crippen LogP contribution in [0.2, 0.25) is 0 Å². The van der Waals surface area contributed by atoms with Crippen LogP contribution in [0.25, 0.3) is 0 Å². The van der Waals surface area contributed by atoms with Gasteiger partial charge in [-0.15, -0.1) is 0 Å². The predicted octanol–water partition coefficient (Wildman–Crippen LogP) is 4.91. The van der Waals surface area contributed by atoms with Gasteiger partial charge in [0.1, 0.15) is 12.4 Å². The fraction of sp³-hybridized carbons (Fsp3) is 0.0400. The van der Waals surface area contributed by atoms with Crippen molar-refractivity contribution >= 4 is 23.1 Å². The Kier molecular flexibility index (Phi) is 5.41. The standard InChI is InChI=1S/C25H21O2P/c26-28(23-12-6-2-7-13-23,24-14-8-3-9-15-24)25-18-16-22(17-19-25)27-20-21-10-4-1-5-11-21/h1-19H,20H2. The van der Waals surface area contributed by atoms with E-state index in [9.17, 15) is 4.57 Å². The molecule has 0 bridgehead atoms. The van der Waals surface area contributed by atoms with Crippen LogP contribution >= 0.6 is 7.14 Å². The van der Waals surface area contributed by atoms with Crippen molar-refractivity contribution in [2.24, 2.45) is 0 Å². The predicted molar refractivity (Wildman–Crippen MR) is 117 cm³/mol. The number of hydrogen-bond acceptors (Lipinski definition) is 2. The molecule has 3 heteroatoms. The van der Waals surface area contributed by atoms with Crippen molar-refractivity contribution in [2.45, 2.75) is 6.61 Å². The van der Waals surface area contributed by atoms with E-state index in [1.807, 2.05) is 115 Å². The van der Waals surface area contributed by atoms with Crippen molar-refractivity contribution in [2.75, 3.05) is 0 Å². The molecule has 4 aromatic rings. The van der Waals surface area contributed by atoms with E-state index in [2.05, 4.69) is 0 Å². The molecule has 0 aliphatic heterocycles. The van der Waals surface area contributed by atoms with E-state index in [4.69, 9.17) is 4.74 Å². The van der Waals surface area contributed by atoms with Crippen LogP contribution in [-0.4, -0.2) is 0 Å². The SMILES string of the molecule is O=P(c1ccccc1)(c1ccccc1)c1ccc(OCc2ccccc2)cc1. The summed E-state index contributed by atoms with van der Waals surface area (Å²) >= 11 is 0. The number of benzene rings is 4. The lowest BCUT2D eigenvalue weighted by molar-refractivity contribution is 0.306. The molecule has 4 rings (SSSR count). The second kappa shape index (κ2) is 8.29. The summed E-state index contributed by atoms with van der Waals surface area (Å²) in [6.45, 7) is 0.509. The van der Waals surface area contributed by atoms with E-state index in [-0.39, 0.29) is 0 Å². The molecular formula is C25H21O2P. The minimum atomic E-state index is -2.93. The number of ether oxygens (including phenoxy) is 1. The van der Waals surface area contributed by atoms with E-state index in [0.717, 1.165) is 27.2 Å². The third-order valence-corrected chi connectivity index (χ3v) is 7.76. The van der Waals surface area contributed by atoms with Crippen LogP contribution in [0.4, 0.5) is 0 Å². The molecule has 0 fully saturated rings. The molecule has 0 radical (unpaired) electrons. The maximum absolute atomic E-state index is 14.3. The highest BCUT2D eigenvalue weighted by atomic mass is 31.2. The normalized spacial score (nSPS) is 11.1. The maximum atomic E-state index is 14.3. The average Bonchev–Trinajstić information content (AvgIpc) is 2.79. The van der Waals surface area contributed by atoms with Gasteiger partial charge in [0.25, 0.3) is 0 Å². The van der Waals surface area contributed by atoms with Gasteiger partial charge < -0.3 is 9.30 Å². The lowest BCUT2D eigenvalue weighted by atomic mass is 10.2. The second-order valence-corrected chi connectivity index (χ2v) is 9.32. The first kappa shape index (κ1) is 18.3. The van der Waals surface area contributed by atoms with E-state index in [0.29, 0.717) is 6.61 Å². The van der Waals surface area contributed by atoms with E-state index in [1.54, 1.807) is 0 Å². The summed E-state index contributed by atoms with van der Waals surface area (Å²) in [6, 6.07) is 37.1. The summed E-state index contributed by atoms with van der Waals surface area (Å²) in [7, 11) is -2.93. The van der Waals surface area contributed by atoms with Crippen molar-refractivity contribution in [3.63, 3.8) is 0 Å². The van der Waals surface area contributed by atoms with Gasteiger partial charge in [-0.05, 0) is 29.8 Å². The molecule has 0 N–H and O–H groups in total. The molecule has 0 aliphatic rings. The van der Waals surface area contributed by atoms with Gasteiger partial charge in [0, 0.05) is 15.9 Å². The Hall–Kier alpha value is -3.09. The molecule has 0 unspecified atom stereocenters. The lowest BCUT2D eigenvalue weighted by Crippen LogP contribution is -2.24. The summed E-state index contributed by atoms with van der Waals surface area (Å²) in [4.78, 5) is 0. The zero-order valence-corrected chi connectivity index (χ0v) is 16.3. The van der Waals surface area contributed by atoms with Gasteiger partial charge in [-0.1, -0.05) is 91.0 Å². The van der Waals surface area contributed by atoms with Crippen molar-refractivity contribution in [1.29, 1.82) is 0 Å². The third kappa shape index (κ3) is 3.78. The fourth-order valence-corrected chi connectivity index (χ4v) is 5.86. The van der Waals surface area contributed by atoms with E-state index in [1.165, 1.54) is 0 Å². The summed E-state index contributed by atoms with van der Waals surface area (Å²) in [5.74, 6) is 0.764. The third-order valence-electron chi connectivity index (χ3n) is 4.69. The topological polar surface area (TPSA) is 26.3 Å². The Morgan fingerprint density at radius 2 is 0.964 bits per heavy atom. The summed E-state index contributed by atoms with van der Waals surface area (Å²) in [5, 5.41) is 2.47. The van der Waals surface area contributed by atoms with Crippen LogP contribution in [0.15, 0.2) is 115 Å². The molecule has 0 saturated carbocycles. The Morgan fingerprint density at radius 3 is 1.46 bits per heavy atom. The first-order valence-electron chi connectivity index (χ1n) is 9.25. The average molecular weight is 384 g/mol. The first-order chi connectivity index (χ1) is 13.8. The van der Waals surface area contributed by atoms with Crippen LogP contribution in [0.1, 0.15) is 5.56 Å². The van der Waals surface area contributed by atoms with Crippen molar-refractivity contribution in [3.8, 4) is 5.75 Å². The van der Waals surface area contributed by atoms with Gasteiger partial charge in [-0.3, -0.25) is 0 Å². The highest BCUT2D eigenvalue weighted by Gasteiger charge is 2.29. The minimum absolute atomic E-state index is 0.509. The van der Waals surface area contributed by atoms with Gasteiger partial charge in [-0.25, -0.2) is 0 Å². The Morgan fingerprint density at radius 1 is 0.536 bits per heavy atom. The summed E-state index contributed by atoms with van der Waals surface area (Å²) in [5.41, 5.74) is 1.12. The first-order valence-corrected chi connectivity index (χ1v) is 11.0. The molecular weight excluding hydrogens is 363 g/mol. The molecule has 0 spiro atoms. The Labute approximate surface area is 165 Å². The molecule has 0 saturated heterocycles. The number of rotatable bonds is 6. The lowest BCUT2D eigenvalue weighted by Gasteiger charge is -2.20. The van der Waals surface area contributed by atoms with Crippen LogP contribution < -0.4 is 20.7 Å². The van der Waals surface area contributed by atoms with E-state index < -0.39 is 7.14 Å². The quantitative estimate of drug-likeness (QED) is 0.442. The molecule has 2 nitrogen and oxygen atoms in total. The van der Waals surface area contributed by atoms with Crippen LogP contribution in [0, 0.1) is 0 Å². The minimum Gasteiger partial charge on any atom is -0.489 e. The smallest absolute Gasteiger partial charge is 0.171 e. The fourth-order valence-electron chi connectivity index (χ4n) is 3.22. The molecule has 138 valence electrons. The zero-order valence-electron chi connectivity index (χ0n) is 15.4. The highest BCUT2D eigenvalue weighted by Crippen LogP contribution is 2.42. The van der Waals surface area contributed by atoms with Gasteiger partial charge >= 0.3 is 0 Å². The van der Waals surface area contributed by atoms with Gasteiger partial charge in [0.05, 0.1) is 0 Å². The molecule has 0 aliphatic carbocycles.